The minimum atomic E-state index is -0.331. The van der Waals surface area contributed by atoms with Crippen LogP contribution in [-0.2, 0) is 0 Å². The summed E-state index contributed by atoms with van der Waals surface area (Å²) in [7, 11) is 1.59. The van der Waals surface area contributed by atoms with Gasteiger partial charge in [0, 0.05) is 17.2 Å². The largest absolute Gasteiger partial charge is 0.497 e. The third-order valence-corrected chi connectivity index (χ3v) is 3.49. The monoisotopic (exact) mass is 318 g/mol. The summed E-state index contributed by atoms with van der Waals surface area (Å²) in [5.74, 6) is 1.03. The zero-order chi connectivity index (χ0) is 16.9. The summed E-state index contributed by atoms with van der Waals surface area (Å²) in [6, 6.07) is 19.6. The summed E-state index contributed by atoms with van der Waals surface area (Å²) in [4.78, 5) is 12.2. The van der Waals surface area contributed by atoms with Gasteiger partial charge in [-0.15, -0.1) is 0 Å². The Balaban J connectivity index is 1.88. The normalized spacial score (nSPS) is 10.0. The molecule has 2 aromatic carbocycles. The molecule has 24 heavy (non-hydrogen) atoms. The molecule has 0 atom stereocenters. The first-order valence-corrected chi connectivity index (χ1v) is 7.26. The lowest BCUT2D eigenvalue weighted by Crippen LogP contribution is -2.11. The number of rotatable bonds is 4. The molecule has 0 radical (unpaired) electrons. The van der Waals surface area contributed by atoms with Gasteiger partial charge in [0.25, 0.3) is 5.91 Å². The van der Waals surface area contributed by atoms with Crippen LogP contribution in [0, 0.1) is 11.3 Å². The van der Waals surface area contributed by atoms with Gasteiger partial charge in [-0.1, -0.05) is 18.2 Å². The van der Waals surface area contributed by atoms with Crippen LogP contribution in [0.5, 0.6) is 5.75 Å². The van der Waals surface area contributed by atoms with Gasteiger partial charge in [0.05, 0.1) is 7.11 Å². The summed E-state index contributed by atoms with van der Waals surface area (Å²) in [6.07, 6.45) is 0. The van der Waals surface area contributed by atoms with Gasteiger partial charge in [0.1, 0.15) is 23.1 Å². The molecule has 0 bridgehead atoms. The Hall–Kier alpha value is -3.52. The maximum atomic E-state index is 12.2. The first-order valence-electron chi connectivity index (χ1n) is 7.26. The van der Waals surface area contributed by atoms with Crippen LogP contribution in [0.3, 0.4) is 0 Å². The summed E-state index contributed by atoms with van der Waals surface area (Å²) in [5, 5.41) is 11.9. The lowest BCUT2D eigenvalue weighted by Gasteiger charge is -2.03. The molecule has 3 rings (SSSR count). The number of ether oxygens (including phenoxy) is 1. The fourth-order valence-corrected chi connectivity index (χ4v) is 2.23. The molecule has 1 amide bonds. The van der Waals surface area contributed by atoms with Crippen LogP contribution in [0.25, 0.3) is 11.3 Å². The van der Waals surface area contributed by atoms with Crippen molar-refractivity contribution in [3.05, 3.63) is 71.8 Å². The Morgan fingerprint density at radius 1 is 1.12 bits per heavy atom. The number of carbonyl (C=O) groups is 1. The predicted octanol–water partition coefficient (Wildman–Crippen LogP) is 4.08. The zero-order valence-corrected chi connectivity index (χ0v) is 12.9. The molecule has 0 aliphatic heterocycles. The number of nitrogens with zero attached hydrogens (tertiary/aromatic N) is 1. The van der Waals surface area contributed by atoms with E-state index in [-0.39, 0.29) is 17.4 Å². The summed E-state index contributed by atoms with van der Waals surface area (Å²) in [5.41, 5.74) is 1.54. The Labute approximate surface area is 139 Å². The van der Waals surface area contributed by atoms with Gasteiger partial charge in [-0.25, -0.2) is 0 Å². The number of nitriles is 1. The number of hydrogen-bond donors (Lipinski definition) is 1. The van der Waals surface area contributed by atoms with E-state index >= 15 is 0 Å². The van der Waals surface area contributed by atoms with E-state index in [2.05, 4.69) is 5.32 Å². The highest BCUT2D eigenvalue weighted by Crippen LogP contribution is 2.30. The Kier molecular flexibility index (Phi) is 4.30. The van der Waals surface area contributed by atoms with Crippen molar-refractivity contribution in [3.8, 4) is 23.1 Å². The SMILES string of the molecule is COc1ccc(-c2cc(C#N)c(NC(=O)c3ccccc3)o2)cc1. The number of anilines is 1. The second-order valence-electron chi connectivity index (χ2n) is 5.01. The molecular formula is C19H14N2O3. The second kappa shape index (κ2) is 6.71. The predicted molar refractivity (Wildman–Crippen MR) is 89.8 cm³/mol. The molecule has 0 aliphatic rings. The highest BCUT2D eigenvalue weighted by molar-refractivity contribution is 6.04. The fraction of sp³-hybridized carbons (Fsp3) is 0.0526. The third-order valence-electron chi connectivity index (χ3n) is 3.49. The van der Waals surface area contributed by atoms with Crippen molar-refractivity contribution in [2.45, 2.75) is 0 Å². The molecule has 0 saturated heterocycles. The van der Waals surface area contributed by atoms with E-state index in [4.69, 9.17) is 9.15 Å². The molecule has 5 nitrogen and oxygen atoms in total. The van der Waals surface area contributed by atoms with Gasteiger partial charge in [-0.3, -0.25) is 10.1 Å². The van der Waals surface area contributed by atoms with Gasteiger partial charge in [-0.05, 0) is 36.4 Å². The summed E-state index contributed by atoms with van der Waals surface area (Å²) >= 11 is 0. The van der Waals surface area contributed by atoms with Crippen molar-refractivity contribution in [1.82, 2.24) is 0 Å². The molecule has 0 unspecified atom stereocenters. The topological polar surface area (TPSA) is 75.3 Å². The van der Waals surface area contributed by atoms with Gasteiger partial charge in [0.15, 0.2) is 0 Å². The number of benzene rings is 2. The average Bonchev–Trinajstić information content (AvgIpc) is 3.05. The first-order chi connectivity index (χ1) is 11.7. The van der Waals surface area contributed by atoms with E-state index in [1.807, 2.05) is 24.3 Å². The van der Waals surface area contributed by atoms with Crippen molar-refractivity contribution >= 4 is 11.8 Å². The first kappa shape index (κ1) is 15.4. The highest BCUT2D eigenvalue weighted by atomic mass is 16.5. The van der Waals surface area contributed by atoms with Crippen LogP contribution < -0.4 is 10.1 Å². The molecule has 0 fully saturated rings. The quantitative estimate of drug-likeness (QED) is 0.786. The molecule has 1 aromatic heterocycles. The van der Waals surface area contributed by atoms with Crippen molar-refractivity contribution in [1.29, 1.82) is 5.26 Å². The van der Waals surface area contributed by atoms with Crippen molar-refractivity contribution in [3.63, 3.8) is 0 Å². The van der Waals surface area contributed by atoms with Gasteiger partial charge in [0.2, 0.25) is 5.88 Å². The number of hydrogen-bond acceptors (Lipinski definition) is 4. The smallest absolute Gasteiger partial charge is 0.258 e. The summed E-state index contributed by atoms with van der Waals surface area (Å²) in [6.45, 7) is 0. The van der Waals surface area contributed by atoms with Crippen molar-refractivity contribution in [2.24, 2.45) is 0 Å². The molecular weight excluding hydrogens is 304 g/mol. The molecule has 3 aromatic rings. The summed E-state index contributed by atoms with van der Waals surface area (Å²) < 4.78 is 10.8. The lowest BCUT2D eigenvalue weighted by molar-refractivity contribution is 0.102. The maximum Gasteiger partial charge on any atom is 0.258 e. The van der Waals surface area contributed by atoms with Crippen molar-refractivity contribution < 1.29 is 13.9 Å². The molecule has 0 saturated carbocycles. The number of amides is 1. The number of nitrogens with one attached hydrogen (secondary N) is 1. The molecule has 0 aliphatic carbocycles. The Morgan fingerprint density at radius 2 is 1.83 bits per heavy atom. The minimum absolute atomic E-state index is 0.136. The molecule has 1 N–H and O–H groups in total. The van der Waals surface area contributed by atoms with Crippen LogP contribution in [0.15, 0.2) is 65.1 Å². The third kappa shape index (κ3) is 3.13. The Bertz CT molecular complexity index is 891. The van der Waals surface area contributed by atoms with E-state index in [0.717, 1.165) is 11.3 Å². The molecule has 5 heteroatoms. The van der Waals surface area contributed by atoms with Crippen LogP contribution in [0.2, 0.25) is 0 Å². The lowest BCUT2D eigenvalue weighted by atomic mass is 10.1. The van der Waals surface area contributed by atoms with Gasteiger partial charge in [-0.2, -0.15) is 5.26 Å². The van der Waals surface area contributed by atoms with Crippen LogP contribution in [0.4, 0.5) is 5.88 Å². The standard InChI is InChI=1S/C19H14N2O3/c1-23-16-9-7-13(8-10-16)17-11-15(12-20)19(24-17)21-18(22)14-5-3-2-4-6-14/h2-11H,1H3,(H,21,22). The van der Waals surface area contributed by atoms with Crippen molar-refractivity contribution in [2.75, 3.05) is 12.4 Å². The molecule has 0 spiro atoms. The van der Waals surface area contributed by atoms with Gasteiger partial charge < -0.3 is 9.15 Å². The number of methoxy groups -OCH3 is 1. The van der Waals surface area contributed by atoms with E-state index in [0.29, 0.717) is 11.3 Å². The minimum Gasteiger partial charge on any atom is -0.497 e. The average molecular weight is 318 g/mol. The van der Waals surface area contributed by atoms with Gasteiger partial charge >= 0.3 is 0 Å². The van der Waals surface area contributed by atoms with Crippen LogP contribution >= 0.6 is 0 Å². The second-order valence-corrected chi connectivity index (χ2v) is 5.01. The number of carbonyl (C=O) groups excluding carboxylic acids is 1. The number of furan rings is 1. The van der Waals surface area contributed by atoms with Crippen LogP contribution in [0.1, 0.15) is 15.9 Å². The highest BCUT2D eigenvalue weighted by Gasteiger charge is 2.15. The van der Waals surface area contributed by atoms with Crippen LogP contribution in [-0.4, -0.2) is 13.0 Å². The van der Waals surface area contributed by atoms with E-state index in [1.54, 1.807) is 49.6 Å². The fourth-order valence-electron chi connectivity index (χ4n) is 2.23. The molecule has 118 valence electrons. The van der Waals surface area contributed by atoms with E-state index in [1.165, 1.54) is 0 Å². The maximum absolute atomic E-state index is 12.2. The molecule has 1 heterocycles. The Morgan fingerprint density at radius 3 is 2.46 bits per heavy atom. The zero-order valence-electron chi connectivity index (χ0n) is 12.9. The van der Waals surface area contributed by atoms with E-state index in [9.17, 15) is 10.1 Å². The van der Waals surface area contributed by atoms with E-state index < -0.39 is 0 Å².